The standard InChI is InChI=1S/C17H34O2/c1-16(2,3)11-10-15(19)9-7-8-14(13-18)12-17(4,5)6/h14,18H,7-13H2,1-6H3. The van der Waals surface area contributed by atoms with Crippen LogP contribution in [-0.2, 0) is 4.79 Å². The fourth-order valence-corrected chi connectivity index (χ4v) is 2.35. The summed E-state index contributed by atoms with van der Waals surface area (Å²) < 4.78 is 0. The minimum Gasteiger partial charge on any atom is -0.396 e. The van der Waals surface area contributed by atoms with Gasteiger partial charge in [-0.2, -0.15) is 0 Å². The van der Waals surface area contributed by atoms with E-state index in [0.717, 1.165) is 25.7 Å². The molecule has 0 spiro atoms. The molecule has 0 bridgehead atoms. The molecule has 1 unspecified atom stereocenters. The molecule has 0 aromatic heterocycles. The highest BCUT2D eigenvalue weighted by atomic mass is 16.3. The Bertz CT molecular complexity index is 255. The van der Waals surface area contributed by atoms with Crippen molar-refractivity contribution in [2.45, 2.75) is 80.1 Å². The topological polar surface area (TPSA) is 37.3 Å². The predicted octanol–water partition coefficient (Wildman–Crippen LogP) is 4.60. The van der Waals surface area contributed by atoms with Crippen LogP contribution in [0.15, 0.2) is 0 Å². The van der Waals surface area contributed by atoms with Gasteiger partial charge in [0, 0.05) is 19.4 Å². The third-order valence-corrected chi connectivity index (χ3v) is 3.38. The van der Waals surface area contributed by atoms with Crippen molar-refractivity contribution in [1.29, 1.82) is 0 Å². The second kappa shape index (κ2) is 8.04. The number of ketones is 1. The minimum absolute atomic E-state index is 0.244. The van der Waals surface area contributed by atoms with Crippen LogP contribution in [0.2, 0.25) is 0 Å². The maximum absolute atomic E-state index is 11.8. The number of aliphatic hydroxyl groups is 1. The van der Waals surface area contributed by atoms with Crippen molar-refractivity contribution in [3.05, 3.63) is 0 Å². The summed E-state index contributed by atoms with van der Waals surface area (Å²) >= 11 is 0. The molecule has 0 amide bonds. The minimum atomic E-state index is 0.244. The first-order valence-corrected chi connectivity index (χ1v) is 7.66. The molecule has 19 heavy (non-hydrogen) atoms. The van der Waals surface area contributed by atoms with E-state index in [0.29, 0.717) is 24.5 Å². The van der Waals surface area contributed by atoms with Gasteiger partial charge in [0.1, 0.15) is 5.78 Å². The summed E-state index contributed by atoms with van der Waals surface area (Å²) in [5.74, 6) is 0.720. The molecule has 0 saturated carbocycles. The van der Waals surface area contributed by atoms with E-state index < -0.39 is 0 Å². The fraction of sp³-hybridized carbons (Fsp3) is 0.941. The number of aliphatic hydroxyl groups excluding tert-OH is 1. The van der Waals surface area contributed by atoms with Gasteiger partial charge in [0.15, 0.2) is 0 Å². The lowest BCUT2D eigenvalue weighted by Crippen LogP contribution is -2.17. The van der Waals surface area contributed by atoms with Crippen LogP contribution in [0.5, 0.6) is 0 Å². The molecule has 0 aromatic carbocycles. The van der Waals surface area contributed by atoms with Crippen molar-refractivity contribution in [2.24, 2.45) is 16.7 Å². The third kappa shape index (κ3) is 12.4. The van der Waals surface area contributed by atoms with E-state index >= 15 is 0 Å². The summed E-state index contributed by atoms with van der Waals surface area (Å²) in [6.45, 7) is 13.4. The van der Waals surface area contributed by atoms with Gasteiger partial charge in [0.05, 0.1) is 0 Å². The van der Waals surface area contributed by atoms with Gasteiger partial charge in [-0.05, 0) is 42.4 Å². The van der Waals surface area contributed by atoms with E-state index in [9.17, 15) is 9.90 Å². The molecule has 0 fully saturated rings. The van der Waals surface area contributed by atoms with Gasteiger partial charge in [-0.1, -0.05) is 41.5 Å². The molecule has 0 saturated heterocycles. The van der Waals surface area contributed by atoms with Crippen LogP contribution in [-0.4, -0.2) is 17.5 Å². The molecule has 0 aliphatic carbocycles. The molecular weight excluding hydrogens is 236 g/mol. The maximum Gasteiger partial charge on any atom is 0.132 e. The van der Waals surface area contributed by atoms with Gasteiger partial charge in [0.25, 0.3) is 0 Å². The molecule has 0 heterocycles. The SMILES string of the molecule is CC(C)(C)CCC(=O)CCCC(CO)CC(C)(C)C. The molecule has 114 valence electrons. The van der Waals surface area contributed by atoms with Crippen molar-refractivity contribution >= 4 is 5.78 Å². The monoisotopic (exact) mass is 270 g/mol. The third-order valence-electron chi connectivity index (χ3n) is 3.38. The van der Waals surface area contributed by atoms with Crippen molar-refractivity contribution in [1.82, 2.24) is 0 Å². The molecule has 2 nitrogen and oxygen atoms in total. The Morgan fingerprint density at radius 3 is 2.00 bits per heavy atom. The zero-order valence-electron chi connectivity index (χ0n) is 13.9. The van der Waals surface area contributed by atoms with E-state index in [4.69, 9.17) is 0 Å². The van der Waals surface area contributed by atoms with E-state index in [2.05, 4.69) is 41.5 Å². The first-order chi connectivity index (χ1) is 8.53. The van der Waals surface area contributed by atoms with Crippen LogP contribution in [0.4, 0.5) is 0 Å². The van der Waals surface area contributed by atoms with Crippen molar-refractivity contribution < 1.29 is 9.90 Å². The molecule has 1 N–H and O–H groups in total. The summed E-state index contributed by atoms with van der Waals surface area (Å²) in [5.41, 5.74) is 0.499. The molecular formula is C17H34O2. The first-order valence-electron chi connectivity index (χ1n) is 7.66. The molecule has 0 rings (SSSR count). The van der Waals surface area contributed by atoms with Gasteiger partial charge in [-0.15, -0.1) is 0 Å². The second-order valence-corrected chi connectivity index (χ2v) is 8.30. The normalized spacial score (nSPS) is 14.5. The zero-order valence-corrected chi connectivity index (χ0v) is 13.9. The molecule has 0 radical (unpaired) electrons. The van der Waals surface area contributed by atoms with Crippen LogP contribution in [0, 0.1) is 16.7 Å². The van der Waals surface area contributed by atoms with Crippen molar-refractivity contribution in [3.8, 4) is 0 Å². The highest BCUT2D eigenvalue weighted by Crippen LogP contribution is 2.27. The molecule has 2 heteroatoms. The Hall–Kier alpha value is -0.370. The fourth-order valence-electron chi connectivity index (χ4n) is 2.35. The molecule has 0 aromatic rings. The average Bonchev–Trinajstić information content (AvgIpc) is 2.22. The predicted molar refractivity (Wildman–Crippen MR) is 82.2 cm³/mol. The Labute approximate surface area is 120 Å². The van der Waals surface area contributed by atoms with E-state index in [1.165, 1.54) is 0 Å². The lowest BCUT2D eigenvalue weighted by molar-refractivity contribution is -0.119. The number of carbonyl (C=O) groups excluding carboxylic acids is 1. The van der Waals surface area contributed by atoms with E-state index in [1.807, 2.05) is 0 Å². The quantitative estimate of drug-likeness (QED) is 0.700. The van der Waals surface area contributed by atoms with Gasteiger partial charge in [-0.25, -0.2) is 0 Å². The first kappa shape index (κ1) is 18.6. The highest BCUT2D eigenvalue weighted by Gasteiger charge is 2.18. The van der Waals surface area contributed by atoms with Crippen molar-refractivity contribution in [2.75, 3.05) is 6.61 Å². The van der Waals surface area contributed by atoms with E-state index in [-0.39, 0.29) is 17.4 Å². The lowest BCUT2D eigenvalue weighted by Gasteiger charge is -2.24. The molecule has 0 aliphatic heterocycles. The molecule has 0 aliphatic rings. The van der Waals surface area contributed by atoms with Crippen LogP contribution in [0.3, 0.4) is 0 Å². The summed E-state index contributed by atoms with van der Waals surface area (Å²) in [6.07, 6.45) is 5.26. The summed E-state index contributed by atoms with van der Waals surface area (Å²) in [5, 5.41) is 9.38. The summed E-state index contributed by atoms with van der Waals surface area (Å²) in [7, 11) is 0. The Morgan fingerprint density at radius 2 is 1.58 bits per heavy atom. The van der Waals surface area contributed by atoms with Crippen LogP contribution in [0.25, 0.3) is 0 Å². The van der Waals surface area contributed by atoms with Crippen molar-refractivity contribution in [3.63, 3.8) is 0 Å². The van der Waals surface area contributed by atoms with Crippen LogP contribution < -0.4 is 0 Å². The number of carbonyl (C=O) groups is 1. The second-order valence-electron chi connectivity index (χ2n) is 8.30. The van der Waals surface area contributed by atoms with Gasteiger partial charge < -0.3 is 5.11 Å². The number of Topliss-reactive ketones (excluding diaryl/α,β-unsaturated/α-hetero) is 1. The summed E-state index contributed by atoms with van der Waals surface area (Å²) in [6, 6.07) is 0. The van der Waals surface area contributed by atoms with Crippen LogP contribution >= 0.6 is 0 Å². The van der Waals surface area contributed by atoms with Gasteiger partial charge in [0.2, 0.25) is 0 Å². The van der Waals surface area contributed by atoms with Crippen LogP contribution in [0.1, 0.15) is 80.1 Å². The number of rotatable bonds is 8. The Morgan fingerprint density at radius 1 is 1.00 bits per heavy atom. The van der Waals surface area contributed by atoms with E-state index in [1.54, 1.807) is 0 Å². The smallest absolute Gasteiger partial charge is 0.132 e. The number of hydrogen-bond donors (Lipinski definition) is 1. The lowest BCUT2D eigenvalue weighted by atomic mass is 9.82. The maximum atomic E-state index is 11.8. The van der Waals surface area contributed by atoms with Gasteiger partial charge >= 0.3 is 0 Å². The van der Waals surface area contributed by atoms with Gasteiger partial charge in [-0.3, -0.25) is 4.79 Å². The summed E-state index contributed by atoms with van der Waals surface area (Å²) in [4.78, 5) is 11.8. The highest BCUT2D eigenvalue weighted by molar-refractivity contribution is 5.78. The zero-order chi connectivity index (χ0) is 15.1. The Balaban J connectivity index is 3.85. The molecule has 1 atom stereocenters. The largest absolute Gasteiger partial charge is 0.396 e. The average molecular weight is 270 g/mol. The Kier molecular flexibility index (Phi) is 7.88. The number of hydrogen-bond acceptors (Lipinski definition) is 2.